The Morgan fingerprint density at radius 2 is 1.79 bits per heavy atom. The quantitative estimate of drug-likeness (QED) is 0.725. The zero-order valence-electron chi connectivity index (χ0n) is 13.9. The van der Waals surface area contributed by atoms with Gasteiger partial charge in [-0.25, -0.2) is 9.97 Å². The molecule has 1 fully saturated rings. The van der Waals surface area contributed by atoms with E-state index in [1.54, 1.807) is 12.4 Å². The fourth-order valence-electron chi connectivity index (χ4n) is 3.28. The van der Waals surface area contributed by atoms with Crippen LogP contribution < -0.4 is 4.90 Å². The van der Waals surface area contributed by atoms with E-state index in [-0.39, 0.29) is 12.2 Å². The number of ether oxygens (including phenoxy) is 1. The van der Waals surface area contributed by atoms with Gasteiger partial charge in [-0.1, -0.05) is 12.1 Å². The number of aromatic nitrogens is 3. The normalized spacial score (nSPS) is 21.2. The second kappa shape index (κ2) is 6.17. The van der Waals surface area contributed by atoms with E-state index in [4.69, 9.17) is 14.7 Å². The molecule has 1 saturated heterocycles. The SMILES string of the molecule is C[C@@H]1CN(c2nc(-c3cccnc3)nc3ccccc23)C[C@H](C)O1. The molecule has 24 heavy (non-hydrogen) atoms. The van der Waals surface area contributed by atoms with Crippen molar-refractivity contribution in [1.29, 1.82) is 0 Å². The van der Waals surface area contributed by atoms with Crippen LogP contribution in [-0.2, 0) is 4.74 Å². The van der Waals surface area contributed by atoms with Gasteiger partial charge in [0, 0.05) is 36.4 Å². The van der Waals surface area contributed by atoms with Gasteiger partial charge < -0.3 is 9.64 Å². The third kappa shape index (κ3) is 2.83. The van der Waals surface area contributed by atoms with E-state index in [1.165, 1.54) is 0 Å². The van der Waals surface area contributed by atoms with E-state index in [0.717, 1.165) is 35.4 Å². The second-order valence-corrected chi connectivity index (χ2v) is 6.29. The van der Waals surface area contributed by atoms with Gasteiger partial charge in [0.05, 0.1) is 17.7 Å². The van der Waals surface area contributed by atoms with Crippen LogP contribution in [0.2, 0.25) is 0 Å². The summed E-state index contributed by atoms with van der Waals surface area (Å²) in [6, 6.07) is 12.1. The summed E-state index contributed by atoms with van der Waals surface area (Å²) in [5.74, 6) is 1.69. The molecular weight excluding hydrogens is 300 g/mol. The highest BCUT2D eigenvalue weighted by atomic mass is 16.5. The van der Waals surface area contributed by atoms with E-state index in [9.17, 15) is 0 Å². The molecule has 0 amide bonds. The summed E-state index contributed by atoms with van der Waals surface area (Å²) in [5, 5.41) is 1.08. The summed E-state index contributed by atoms with van der Waals surface area (Å²) in [6.07, 6.45) is 3.93. The number of hydrogen-bond acceptors (Lipinski definition) is 5. The average Bonchev–Trinajstić information content (AvgIpc) is 2.60. The number of rotatable bonds is 2. The van der Waals surface area contributed by atoms with Crippen LogP contribution >= 0.6 is 0 Å². The molecule has 0 saturated carbocycles. The molecule has 2 aromatic heterocycles. The minimum atomic E-state index is 0.185. The van der Waals surface area contributed by atoms with Crippen molar-refractivity contribution < 1.29 is 4.74 Å². The van der Waals surface area contributed by atoms with Gasteiger partial charge in [0.25, 0.3) is 0 Å². The summed E-state index contributed by atoms with van der Waals surface area (Å²) in [7, 11) is 0. The first kappa shape index (κ1) is 15.0. The number of fused-ring (bicyclic) bond motifs is 1. The number of pyridine rings is 1. The molecule has 1 aromatic carbocycles. The van der Waals surface area contributed by atoms with E-state index in [0.29, 0.717) is 5.82 Å². The fourth-order valence-corrected chi connectivity index (χ4v) is 3.28. The highest BCUT2D eigenvalue weighted by Crippen LogP contribution is 2.29. The van der Waals surface area contributed by atoms with Crippen LogP contribution in [0.3, 0.4) is 0 Å². The maximum absolute atomic E-state index is 5.87. The van der Waals surface area contributed by atoms with Crippen molar-refractivity contribution >= 4 is 16.7 Å². The highest BCUT2D eigenvalue weighted by Gasteiger charge is 2.25. The Balaban J connectivity index is 1.87. The Bertz CT molecular complexity index is 842. The number of benzene rings is 1. The lowest BCUT2D eigenvalue weighted by molar-refractivity contribution is -0.00536. The van der Waals surface area contributed by atoms with Crippen LogP contribution in [0.4, 0.5) is 5.82 Å². The minimum absolute atomic E-state index is 0.185. The molecular formula is C19H20N4O. The van der Waals surface area contributed by atoms with Crippen LogP contribution in [-0.4, -0.2) is 40.2 Å². The van der Waals surface area contributed by atoms with Crippen molar-refractivity contribution in [3.8, 4) is 11.4 Å². The van der Waals surface area contributed by atoms with Gasteiger partial charge in [-0.15, -0.1) is 0 Å². The summed E-state index contributed by atoms with van der Waals surface area (Å²) >= 11 is 0. The van der Waals surface area contributed by atoms with Gasteiger partial charge in [-0.05, 0) is 38.1 Å². The second-order valence-electron chi connectivity index (χ2n) is 6.29. The van der Waals surface area contributed by atoms with Crippen molar-refractivity contribution in [3.05, 3.63) is 48.8 Å². The lowest BCUT2D eigenvalue weighted by Gasteiger charge is -2.36. The fraction of sp³-hybridized carbons (Fsp3) is 0.316. The molecule has 1 aliphatic rings. The first-order chi connectivity index (χ1) is 11.7. The Morgan fingerprint density at radius 1 is 1.00 bits per heavy atom. The molecule has 122 valence electrons. The predicted molar refractivity (Wildman–Crippen MR) is 95.0 cm³/mol. The van der Waals surface area contributed by atoms with Crippen molar-refractivity contribution in [3.63, 3.8) is 0 Å². The van der Waals surface area contributed by atoms with Crippen molar-refractivity contribution in [2.75, 3.05) is 18.0 Å². The van der Waals surface area contributed by atoms with Gasteiger partial charge >= 0.3 is 0 Å². The first-order valence-electron chi connectivity index (χ1n) is 8.28. The smallest absolute Gasteiger partial charge is 0.163 e. The summed E-state index contributed by atoms with van der Waals surface area (Å²) < 4.78 is 5.87. The molecule has 0 N–H and O–H groups in total. The summed E-state index contributed by atoms with van der Waals surface area (Å²) in [4.78, 5) is 16.1. The molecule has 3 aromatic rings. The van der Waals surface area contributed by atoms with Gasteiger partial charge in [0.1, 0.15) is 5.82 Å². The topological polar surface area (TPSA) is 51.1 Å². The monoisotopic (exact) mass is 320 g/mol. The maximum Gasteiger partial charge on any atom is 0.163 e. The Morgan fingerprint density at radius 3 is 2.54 bits per heavy atom. The number of anilines is 1. The molecule has 5 heteroatoms. The Hall–Kier alpha value is -2.53. The third-order valence-electron chi connectivity index (χ3n) is 4.22. The molecule has 0 aliphatic carbocycles. The van der Waals surface area contributed by atoms with Crippen molar-refractivity contribution in [2.24, 2.45) is 0 Å². The lowest BCUT2D eigenvalue weighted by Crippen LogP contribution is -2.46. The number of para-hydroxylation sites is 1. The summed E-state index contributed by atoms with van der Waals surface area (Å²) in [5.41, 5.74) is 1.88. The average molecular weight is 320 g/mol. The van der Waals surface area contributed by atoms with Crippen molar-refractivity contribution in [2.45, 2.75) is 26.1 Å². The molecule has 0 radical (unpaired) electrons. The number of nitrogens with zero attached hydrogens (tertiary/aromatic N) is 4. The molecule has 0 unspecified atom stereocenters. The predicted octanol–water partition coefficient (Wildman–Crippen LogP) is 3.31. The standard InChI is InChI=1S/C19H20N4O/c1-13-11-23(12-14(2)24-13)19-16-7-3-4-8-17(16)21-18(22-19)15-6-5-9-20-10-15/h3-10,13-14H,11-12H2,1-2H3/t13-,14+. The number of hydrogen-bond donors (Lipinski definition) is 0. The van der Waals surface area contributed by atoms with Gasteiger partial charge in [0.2, 0.25) is 0 Å². The molecule has 0 bridgehead atoms. The Labute approximate surface area is 141 Å². The zero-order chi connectivity index (χ0) is 16.5. The number of morpholine rings is 1. The van der Waals surface area contributed by atoms with Crippen molar-refractivity contribution in [1.82, 2.24) is 15.0 Å². The molecule has 2 atom stereocenters. The van der Waals surface area contributed by atoms with E-state index >= 15 is 0 Å². The van der Waals surface area contributed by atoms with Crippen LogP contribution in [0.25, 0.3) is 22.3 Å². The first-order valence-corrected chi connectivity index (χ1v) is 8.28. The van der Waals surface area contributed by atoms with Gasteiger partial charge in [0.15, 0.2) is 5.82 Å². The van der Waals surface area contributed by atoms with Crippen LogP contribution in [0.1, 0.15) is 13.8 Å². The van der Waals surface area contributed by atoms with E-state index in [2.05, 4.69) is 29.8 Å². The minimum Gasteiger partial charge on any atom is -0.372 e. The van der Waals surface area contributed by atoms with Gasteiger partial charge in [-0.2, -0.15) is 0 Å². The highest BCUT2D eigenvalue weighted by molar-refractivity contribution is 5.91. The van der Waals surface area contributed by atoms with Crippen LogP contribution in [0.15, 0.2) is 48.8 Å². The largest absolute Gasteiger partial charge is 0.372 e. The Kier molecular flexibility index (Phi) is 3.86. The maximum atomic E-state index is 5.87. The zero-order valence-corrected chi connectivity index (χ0v) is 13.9. The van der Waals surface area contributed by atoms with E-state index < -0.39 is 0 Å². The van der Waals surface area contributed by atoms with Crippen LogP contribution in [0, 0.1) is 0 Å². The molecule has 4 rings (SSSR count). The van der Waals surface area contributed by atoms with E-state index in [1.807, 2.05) is 30.3 Å². The third-order valence-corrected chi connectivity index (χ3v) is 4.22. The molecule has 1 aliphatic heterocycles. The molecule has 5 nitrogen and oxygen atoms in total. The molecule has 3 heterocycles. The van der Waals surface area contributed by atoms with Gasteiger partial charge in [-0.3, -0.25) is 4.98 Å². The lowest BCUT2D eigenvalue weighted by atomic mass is 10.1. The molecule has 0 spiro atoms. The summed E-state index contributed by atoms with van der Waals surface area (Å²) in [6.45, 7) is 5.87. The van der Waals surface area contributed by atoms with Crippen LogP contribution in [0.5, 0.6) is 0 Å².